The summed E-state index contributed by atoms with van der Waals surface area (Å²) in [6.07, 6.45) is 3.14. The van der Waals surface area contributed by atoms with Crippen LogP contribution in [0.1, 0.15) is 24.2 Å². The van der Waals surface area contributed by atoms with Gasteiger partial charge in [-0.2, -0.15) is 0 Å². The SMILES string of the molecule is Cc1nc2ccccc2n1CC1CCN(CC(=O)NCCc2ccccc2)CC1.O=C(O)C(=O)O. The third-order valence-corrected chi connectivity index (χ3v) is 6.12. The van der Waals surface area contributed by atoms with Gasteiger partial charge < -0.3 is 20.1 Å². The highest BCUT2D eigenvalue weighted by Crippen LogP contribution is 2.23. The van der Waals surface area contributed by atoms with Crippen molar-refractivity contribution in [2.45, 2.75) is 32.7 Å². The number of rotatable bonds is 7. The minimum absolute atomic E-state index is 0.135. The van der Waals surface area contributed by atoms with Crippen LogP contribution in [0.5, 0.6) is 0 Å². The van der Waals surface area contributed by atoms with Gasteiger partial charge in [0.1, 0.15) is 5.82 Å². The van der Waals surface area contributed by atoms with Crippen LogP contribution in [0, 0.1) is 12.8 Å². The van der Waals surface area contributed by atoms with E-state index in [1.165, 1.54) is 11.1 Å². The first-order valence-electron chi connectivity index (χ1n) is 11.7. The van der Waals surface area contributed by atoms with Crippen LogP contribution in [0.25, 0.3) is 11.0 Å². The largest absolute Gasteiger partial charge is 0.473 e. The van der Waals surface area contributed by atoms with Gasteiger partial charge in [0, 0.05) is 13.1 Å². The Morgan fingerprint density at radius 1 is 0.971 bits per heavy atom. The number of hydrogen-bond acceptors (Lipinski definition) is 5. The predicted octanol–water partition coefficient (Wildman–Crippen LogP) is 2.57. The number of carboxylic acids is 2. The van der Waals surface area contributed by atoms with Gasteiger partial charge in [0.05, 0.1) is 17.6 Å². The smallest absolute Gasteiger partial charge is 0.414 e. The second-order valence-electron chi connectivity index (χ2n) is 8.67. The highest BCUT2D eigenvalue weighted by Gasteiger charge is 2.22. The highest BCUT2D eigenvalue weighted by atomic mass is 16.4. The third kappa shape index (κ3) is 7.92. The molecule has 4 rings (SSSR count). The van der Waals surface area contributed by atoms with Crippen molar-refractivity contribution in [3.8, 4) is 0 Å². The number of carbonyl (C=O) groups excluding carboxylic acids is 1. The maximum Gasteiger partial charge on any atom is 0.414 e. The van der Waals surface area contributed by atoms with Crippen molar-refractivity contribution in [2.24, 2.45) is 5.92 Å². The summed E-state index contributed by atoms with van der Waals surface area (Å²) < 4.78 is 2.35. The quantitative estimate of drug-likeness (QED) is 0.444. The lowest BCUT2D eigenvalue weighted by atomic mass is 9.96. The molecule has 3 N–H and O–H groups in total. The van der Waals surface area contributed by atoms with Crippen molar-refractivity contribution >= 4 is 28.9 Å². The van der Waals surface area contributed by atoms with E-state index < -0.39 is 11.9 Å². The van der Waals surface area contributed by atoms with Gasteiger partial charge in [-0.25, -0.2) is 14.6 Å². The van der Waals surface area contributed by atoms with Crippen molar-refractivity contribution in [3.63, 3.8) is 0 Å². The average Bonchev–Trinajstić information content (AvgIpc) is 3.16. The van der Waals surface area contributed by atoms with Crippen molar-refractivity contribution in [3.05, 3.63) is 66.0 Å². The van der Waals surface area contributed by atoms with E-state index in [1.54, 1.807) is 0 Å². The molecule has 1 aliphatic rings. The monoisotopic (exact) mass is 480 g/mol. The number of fused-ring (bicyclic) bond motifs is 1. The second-order valence-corrected chi connectivity index (χ2v) is 8.67. The van der Waals surface area contributed by atoms with E-state index in [9.17, 15) is 4.79 Å². The number of likely N-dealkylation sites (tertiary alicyclic amines) is 1. The maximum absolute atomic E-state index is 12.3. The van der Waals surface area contributed by atoms with Crippen LogP contribution in [0.15, 0.2) is 54.6 Å². The minimum atomic E-state index is -1.82. The van der Waals surface area contributed by atoms with Crippen LogP contribution in [-0.4, -0.2) is 68.7 Å². The van der Waals surface area contributed by atoms with Crippen LogP contribution < -0.4 is 5.32 Å². The minimum Gasteiger partial charge on any atom is -0.473 e. The molecule has 0 bridgehead atoms. The number of imidazole rings is 1. The van der Waals surface area contributed by atoms with Gasteiger partial charge in [-0.1, -0.05) is 42.5 Å². The Bertz CT molecular complexity index is 1130. The number of aromatic nitrogens is 2. The molecule has 1 aromatic heterocycles. The molecule has 0 spiro atoms. The Morgan fingerprint density at radius 2 is 1.60 bits per heavy atom. The van der Waals surface area contributed by atoms with Gasteiger partial charge in [-0.3, -0.25) is 9.69 Å². The van der Waals surface area contributed by atoms with E-state index in [4.69, 9.17) is 19.8 Å². The summed E-state index contributed by atoms with van der Waals surface area (Å²) in [6.45, 7) is 6.30. The third-order valence-electron chi connectivity index (χ3n) is 6.12. The zero-order valence-corrected chi connectivity index (χ0v) is 19.9. The number of nitrogens with one attached hydrogen (secondary N) is 1. The molecule has 9 nitrogen and oxygen atoms in total. The second kappa shape index (κ2) is 12.7. The first kappa shape index (κ1) is 25.9. The molecule has 1 amide bonds. The molecular weight excluding hydrogens is 448 g/mol. The van der Waals surface area contributed by atoms with E-state index in [1.807, 2.05) is 24.3 Å². The molecule has 9 heteroatoms. The molecule has 1 saturated heterocycles. The van der Waals surface area contributed by atoms with Crippen molar-refractivity contribution in [2.75, 3.05) is 26.2 Å². The number of aliphatic carboxylic acids is 2. The molecule has 35 heavy (non-hydrogen) atoms. The van der Waals surface area contributed by atoms with Gasteiger partial charge in [0.15, 0.2) is 0 Å². The molecule has 0 aliphatic carbocycles. The first-order valence-corrected chi connectivity index (χ1v) is 11.7. The van der Waals surface area contributed by atoms with E-state index in [0.717, 1.165) is 50.2 Å². The summed E-state index contributed by atoms with van der Waals surface area (Å²) in [4.78, 5) is 37.4. The average molecular weight is 481 g/mol. The van der Waals surface area contributed by atoms with Gasteiger partial charge in [0.2, 0.25) is 5.91 Å². The fourth-order valence-electron chi connectivity index (χ4n) is 4.26. The summed E-state index contributed by atoms with van der Waals surface area (Å²) >= 11 is 0. The molecule has 0 unspecified atom stereocenters. The number of carboxylic acid groups (broad SMARTS) is 2. The number of amides is 1. The van der Waals surface area contributed by atoms with Gasteiger partial charge in [-0.05, 0) is 62.9 Å². The molecule has 2 aromatic carbocycles. The van der Waals surface area contributed by atoms with Crippen LogP contribution in [-0.2, 0) is 27.3 Å². The number of benzene rings is 2. The molecule has 0 radical (unpaired) electrons. The number of nitrogens with zero attached hydrogens (tertiary/aromatic N) is 3. The number of hydrogen-bond donors (Lipinski definition) is 3. The Hall–Kier alpha value is -3.72. The summed E-state index contributed by atoms with van der Waals surface area (Å²) in [5.41, 5.74) is 3.57. The summed E-state index contributed by atoms with van der Waals surface area (Å²) in [7, 11) is 0. The molecule has 186 valence electrons. The number of carbonyl (C=O) groups is 3. The van der Waals surface area contributed by atoms with Crippen molar-refractivity contribution in [1.29, 1.82) is 0 Å². The Balaban J connectivity index is 0.000000509. The van der Waals surface area contributed by atoms with E-state index >= 15 is 0 Å². The first-order chi connectivity index (χ1) is 16.8. The summed E-state index contributed by atoms with van der Waals surface area (Å²) in [5.74, 6) is -1.78. The van der Waals surface area contributed by atoms with Gasteiger partial charge in [0.25, 0.3) is 0 Å². The van der Waals surface area contributed by atoms with Gasteiger partial charge >= 0.3 is 11.9 Å². The molecular formula is C26H32N4O5. The Morgan fingerprint density at radius 3 is 2.26 bits per heavy atom. The zero-order valence-electron chi connectivity index (χ0n) is 19.9. The molecule has 0 saturated carbocycles. The standard InChI is InChI=1S/C24H30N4O.C2H2O4/c1-19-26-22-9-5-6-10-23(22)28(19)17-21-12-15-27(16-13-21)18-24(29)25-14-11-20-7-3-2-4-8-20;3-1(4)2(5)6/h2-10,21H,11-18H2,1H3,(H,25,29);(H,3,4)(H,5,6). The summed E-state index contributed by atoms with van der Waals surface area (Å²) in [5, 5.41) is 17.8. The highest BCUT2D eigenvalue weighted by molar-refractivity contribution is 6.27. The van der Waals surface area contributed by atoms with Crippen LogP contribution in [0.2, 0.25) is 0 Å². The normalized spacial score (nSPS) is 14.2. The number of para-hydroxylation sites is 2. The Labute approximate surface area is 204 Å². The topological polar surface area (TPSA) is 125 Å². The zero-order chi connectivity index (χ0) is 25.2. The van der Waals surface area contributed by atoms with E-state index in [-0.39, 0.29) is 5.91 Å². The number of aryl methyl sites for hydroxylation is 1. The van der Waals surface area contributed by atoms with Gasteiger partial charge in [-0.15, -0.1) is 0 Å². The molecule has 1 aliphatic heterocycles. The fraction of sp³-hybridized carbons (Fsp3) is 0.385. The van der Waals surface area contributed by atoms with Crippen LogP contribution >= 0.6 is 0 Å². The number of piperidine rings is 1. The fourth-order valence-corrected chi connectivity index (χ4v) is 4.26. The summed E-state index contributed by atoms with van der Waals surface area (Å²) in [6, 6.07) is 18.7. The van der Waals surface area contributed by atoms with Crippen molar-refractivity contribution < 1.29 is 24.6 Å². The molecule has 1 fully saturated rings. The lowest BCUT2D eigenvalue weighted by Crippen LogP contribution is -2.42. The molecule has 2 heterocycles. The Kier molecular flexibility index (Phi) is 9.37. The van der Waals surface area contributed by atoms with E-state index in [2.05, 4.69) is 57.0 Å². The maximum atomic E-state index is 12.3. The lowest BCUT2D eigenvalue weighted by molar-refractivity contribution is -0.159. The van der Waals surface area contributed by atoms with Crippen LogP contribution in [0.3, 0.4) is 0 Å². The lowest BCUT2D eigenvalue weighted by Gasteiger charge is -2.31. The van der Waals surface area contributed by atoms with Crippen molar-refractivity contribution in [1.82, 2.24) is 19.8 Å². The molecule has 3 aromatic rings. The van der Waals surface area contributed by atoms with E-state index in [0.29, 0.717) is 19.0 Å². The molecule has 0 atom stereocenters. The van der Waals surface area contributed by atoms with Crippen LogP contribution in [0.4, 0.5) is 0 Å². The predicted molar refractivity (Wildman–Crippen MR) is 132 cm³/mol.